The van der Waals surface area contributed by atoms with Crippen molar-refractivity contribution in [3.8, 4) is 0 Å². The van der Waals surface area contributed by atoms with E-state index in [-0.39, 0.29) is 11.1 Å². The van der Waals surface area contributed by atoms with Crippen LogP contribution in [0.15, 0.2) is 5.38 Å². The molecule has 0 aliphatic rings. The molecule has 0 unspecified atom stereocenters. The molecular weight excluding hydrogens is 280 g/mol. The second-order valence-electron chi connectivity index (χ2n) is 4.24. The predicted molar refractivity (Wildman–Crippen MR) is 81.1 cm³/mol. The molecule has 0 saturated heterocycles. The summed E-state index contributed by atoms with van der Waals surface area (Å²) in [6.07, 6.45) is 2.86. The summed E-state index contributed by atoms with van der Waals surface area (Å²) < 4.78 is 5.06. The fourth-order valence-corrected chi connectivity index (χ4v) is 3.40. The van der Waals surface area contributed by atoms with Crippen molar-refractivity contribution in [2.45, 2.75) is 40.0 Å². The molecule has 1 aromatic rings. The largest absolute Gasteiger partial charge is 0.462 e. The van der Waals surface area contributed by atoms with Crippen molar-refractivity contribution in [3.63, 3.8) is 0 Å². The topological polar surface area (TPSA) is 43.4 Å². The van der Waals surface area contributed by atoms with Gasteiger partial charge in [-0.3, -0.25) is 4.79 Å². The molecule has 0 bridgehead atoms. The minimum absolute atomic E-state index is 0.166. The number of carbonyl (C=O) groups excluding carboxylic acids is 2. The zero-order valence-corrected chi connectivity index (χ0v) is 13.3. The zero-order chi connectivity index (χ0) is 14.3. The molecule has 5 heteroatoms. The van der Waals surface area contributed by atoms with E-state index in [1.54, 1.807) is 6.92 Å². The number of thioether (sulfide) groups is 1. The summed E-state index contributed by atoms with van der Waals surface area (Å²) in [7, 11) is 0. The van der Waals surface area contributed by atoms with Crippen LogP contribution in [0.3, 0.4) is 0 Å². The highest BCUT2D eigenvalue weighted by atomic mass is 32.2. The van der Waals surface area contributed by atoms with Gasteiger partial charge in [-0.05, 0) is 49.6 Å². The summed E-state index contributed by atoms with van der Waals surface area (Å²) in [4.78, 5) is 23.3. The highest BCUT2D eigenvalue weighted by Crippen LogP contribution is 2.25. The number of aryl methyl sites for hydroxylation is 1. The molecule has 1 heterocycles. The first-order valence-electron chi connectivity index (χ1n) is 6.43. The first kappa shape index (κ1) is 16.2. The molecular formula is C14H20O3S2. The Morgan fingerprint density at radius 1 is 1.37 bits per heavy atom. The van der Waals surface area contributed by atoms with Gasteiger partial charge < -0.3 is 4.74 Å². The summed E-state index contributed by atoms with van der Waals surface area (Å²) in [6, 6.07) is 0. The Kier molecular flexibility index (Phi) is 7.16. The molecule has 0 aliphatic heterocycles. The van der Waals surface area contributed by atoms with Crippen molar-refractivity contribution in [2.24, 2.45) is 0 Å². The van der Waals surface area contributed by atoms with E-state index < -0.39 is 0 Å². The third-order valence-electron chi connectivity index (χ3n) is 2.69. The molecule has 0 spiro atoms. The van der Waals surface area contributed by atoms with Crippen LogP contribution in [-0.2, 0) is 16.0 Å². The maximum Gasteiger partial charge on any atom is 0.348 e. The van der Waals surface area contributed by atoms with Crippen LogP contribution in [0.25, 0.3) is 0 Å². The molecule has 1 aromatic heterocycles. The molecule has 0 aromatic carbocycles. The van der Waals surface area contributed by atoms with E-state index in [0.29, 0.717) is 6.61 Å². The van der Waals surface area contributed by atoms with Crippen LogP contribution in [0.1, 0.15) is 47.5 Å². The van der Waals surface area contributed by atoms with Crippen molar-refractivity contribution in [2.75, 3.05) is 12.4 Å². The van der Waals surface area contributed by atoms with Gasteiger partial charge in [-0.15, -0.1) is 11.3 Å². The summed E-state index contributed by atoms with van der Waals surface area (Å²) in [5, 5.41) is 2.17. The van der Waals surface area contributed by atoms with E-state index in [1.165, 1.54) is 23.1 Å². The maximum atomic E-state index is 11.8. The Labute approximate surface area is 122 Å². The van der Waals surface area contributed by atoms with Crippen molar-refractivity contribution in [3.05, 3.63) is 21.4 Å². The standard InChI is InChI=1S/C14H20O3S2/c1-4-17-14(16)13-12(10(2)9-19-13)7-5-6-8-18-11(3)15/h9H,4-8H2,1-3H3. The fourth-order valence-electron chi connectivity index (χ4n) is 1.77. The minimum Gasteiger partial charge on any atom is -0.462 e. The van der Waals surface area contributed by atoms with E-state index in [2.05, 4.69) is 0 Å². The van der Waals surface area contributed by atoms with E-state index in [4.69, 9.17) is 4.74 Å². The molecule has 19 heavy (non-hydrogen) atoms. The number of hydrogen-bond acceptors (Lipinski definition) is 5. The Morgan fingerprint density at radius 2 is 2.11 bits per heavy atom. The maximum absolute atomic E-state index is 11.8. The highest BCUT2D eigenvalue weighted by Gasteiger charge is 2.16. The molecule has 0 amide bonds. The van der Waals surface area contributed by atoms with E-state index in [1.807, 2.05) is 19.2 Å². The van der Waals surface area contributed by atoms with Gasteiger partial charge in [0.2, 0.25) is 0 Å². The summed E-state index contributed by atoms with van der Waals surface area (Å²) in [5.41, 5.74) is 2.27. The number of unbranched alkanes of at least 4 members (excludes halogenated alkanes) is 1. The first-order valence-corrected chi connectivity index (χ1v) is 8.30. The third kappa shape index (κ3) is 5.37. The van der Waals surface area contributed by atoms with Gasteiger partial charge in [-0.1, -0.05) is 11.8 Å². The molecule has 0 radical (unpaired) electrons. The van der Waals surface area contributed by atoms with Gasteiger partial charge in [0.25, 0.3) is 0 Å². The van der Waals surface area contributed by atoms with Crippen molar-refractivity contribution in [1.29, 1.82) is 0 Å². The average Bonchev–Trinajstić information content (AvgIpc) is 2.70. The van der Waals surface area contributed by atoms with Crippen LogP contribution in [0.2, 0.25) is 0 Å². The van der Waals surface area contributed by atoms with Crippen LogP contribution in [0.4, 0.5) is 0 Å². The van der Waals surface area contributed by atoms with Gasteiger partial charge in [0, 0.05) is 12.7 Å². The normalized spacial score (nSPS) is 10.5. The lowest BCUT2D eigenvalue weighted by atomic mass is 10.1. The lowest BCUT2D eigenvalue weighted by molar-refractivity contribution is -0.109. The van der Waals surface area contributed by atoms with Crippen LogP contribution in [0, 0.1) is 6.92 Å². The number of thiophene rings is 1. The van der Waals surface area contributed by atoms with Crippen molar-refractivity contribution in [1.82, 2.24) is 0 Å². The highest BCUT2D eigenvalue weighted by molar-refractivity contribution is 8.13. The molecule has 0 atom stereocenters. The molecule has 0 aliphatic carbocycles. The summed E-state index contributed by atoms with van der Waals surface area (Å²) in [5.74, 6) is 0.640. The van der Waals surface area contributed by atoms with Crippen LogP contribution >= 0.6 is 23.1 Å². The quantitative estimate of drug-likeness (QED) is 0.567. The first-order chi connectivity index (χ1) is 9.06. The van der Waals surface area contributed by atoms with Crippen molar-refractivity contribution >= 4 is 34.2 Å². The van der Waals surface area contributed by atoms with Gasteiger partial charge in [0.05, 0.1) is 6.61 Å². The summed E-state index contributed by atoms with van der Waals surface area (Å²) in [6.45, 7) is 5.84. The van der Waals surface area contributed by atoms with Gasteiger partial charge in [0.15, 0.2) is 5.12 Å². The van der Waals surface area contributed by atoms with Crippen LogP contribution in [0.5, 0.6) is 0 Å². The molecule has 0 saturated carbocycles. The SMILES string of the molecule is CCOC(=O)c1scc(C)c1CCCCSC(C)=O. The van der Waals surface area contributed by atoms with Crippen molar-refractivity contribution < 1.29 is 14.3 Å². The Hall–Kier alpha value is -0.810. The summed E-state index contributed by atoms with van der Waals surface area (Å²) >= 11 is 2.82. The Morgan fingerprint density at radius 3 is 2.74 bits per heavy atom. The predicted octanol–water partition coefficient (Wildman–Crippen LogP) is 3.84. The number of esters is 1. The van der Waals surface area contributed by atoms with E-state index in [9.17, 15) is 9.59 Å². The number of hydrogen-bond donors (Lipinski definition) is 0. The zero-order valence-electron chi connectivity index (χ0n) is 11.7. The third-order valence-corrected chi connectivity index (χ3v) is 4.71. The van der Waals surface area contributed by atoms with E-state index in [0.717, 1.165) is 41.0 Å². The lowest BCUT2D eigenvalue weighted by Crippen LogP contribution is -2.06. The average molecular weight is 300 g/mol. The number of carbonyl (C=O) groups is 2. The smallest absolute Gasteiger partial charge is 0.348 e. The van der Waals surface area contributed by atoms with Gasteiger partial charge >= 0.3 is 5.97 Å². The molecule has 106 valence electrons. The number of rotatable bonds is 7. The molecule has 0 N–H and O–H groups in total. The second-order valence-corrected chi connectivity index (χ2v) is 6.40. The van der Waals surface area contributed by atoms with E-state index >= 15 is 0 Å². The van der Waals surface area contributed by atoms with Gasteiger partial charge in [-0.25, -0.2) is 4.79 Å². The number of ether oxygens (including phenoxy) is 1. The minimum atomic E-state index is -0.214. The molecule has 3 nitrogen and oxygen atoms in total. The molecule has 0 fully saturated rings. The van der Waals surface area contributed by atoms with Crippen LogP contribution in [-0.4, -0.2) is 23.4 Å². The van der Waals surface area contributed by atoms with Gasteiger partial charge in [0.1, 0.15) is 4.88 Å². The lowest BCUT2D eigenvalue weighted by Gasteiger charge is -2.05. The Bertz CT molecular complexity index is 438. The molecule has 1 rings (SSSR count). The van der Waals surface area contributed by atoms with Gasteiger partial charge in [-0.2, -0.15) is 0 Å². The second kappa shape index (κ2) is 8.38. The van der Waals surface area contributed by atoms with Crippen LogP contribution < -0.4 is 0 Å². The monoisotopic (exact) mass is 300 g/mol. The fraction of sp³-hybridized carbons (Fsp3) is 0.571. The Balaban J connectivity index is 2.50.